The van der Waals surface area contributed by atoms with Crippen molar-refractivity contribution in [3.05, 3.63) is 150 Å². The Hall–Kier alpha value is -6.76. The number of furan rings is 2. The number of rotatable bonds is 1. The Bertz CT molecular complexity index is 4010. The first-order valence-electron chi connectivity index (χ1n) is 22.2. The van der Waals surface area contributed by atoms with E-state index in [-0.39, 0.29) is 17.7 Å². The van der Waals surface area contributed by atoms with Crippen LogP contribution in [0.25, 0.3) is 103 Å². The van der Waals surface area contributed by atoms with Gasteiger partial charge in [0.05, 0.1) is 11.0 Å². The van der Waals surface area contributed by atoms with E-state index in [0.717, 1.165) is 43.9 Å². The van der Waals surface area contributed by atoms with Gasteiger partial charge in [-0.15, -0.1) is 11.3 Å². The topological polar surface area (TPSA) is 34.5 Å². The highest BCUT2D eigenvalue weighted by atomic mass is 32.1. The van der Waals surface area contributed by atoms with Crippen molar-refractivity contribution in [1.29, 1.82) is 0 Å². The van der Waals surface area contributed by atoms with E-state index in [1.54, 1.807) is 0 Å². The van der Waals surface area contributed by atoms with Crippen LogP contribution in [0, 0.1) is 6.92 Å². The first-order valence-corrected chi connectivity index (χ1v) is 23.0. The van der Waals surface area contributed by atoms with Gasteiger partial charge in [-0.3, -0.25) is 0 Å². The standard InChI is InChI=1S/C57H43BN2O2S/c1-30-22-41-37-28-52-40(36-21-18-32(57(5,6)7)23-51(36)63-52)26-45(37)60(33-19-16-31(17-20-33)56(2,3)4)58-43-29-50-39(35-13-9-11-15-48(35)62-50)25-46(43)59-44-24-38-34-12-8-10-14-47(34)61-49(38)27-42(44)53(30)55(59)54(41)58/h8-29H,1-7H3. The van der Waals surface area contributed by atoms with Gasteiger partial charge < -0.3 is 18.2 Å². The molecule has 63 heavy (non-hydrogen) atoms. The van der Waals surface area contributed by atoms with Crippen LogP contribution in [-0.2, 0) is 10.8 Å². The second-order valence-corrected chi connectivity index (χ2v) is 21.3. The number of anilines is 2. The summed E-state index contributed by atoms with van der Waals surface area (Å²) in [5.74, 6) is 0. The van der Waals surface area contributed by atoms with Crippen molar-refractivity contribution < 1.29 is 8.83 Å². The van der Waals surface area contributed by atoms with Gasteiger partial charge in [-0.1, -0.05) is 108 Å². The summed E-state index contributed by atoms with van der Waals surface area (Å²) < 4.78 is 18.6. The highest BCUT2D eigenvalue weighted by Gasteiger charge is 2.45. The third-order valence-electron chi connectivity index (χ3n) is 14.4. The van der Waals surface area contributed by atoms with Crippen LogP contribution in [-0.4, -0.2) is 11.4 Å². The molecule has 0 spiro atoms. The molecule has 0 atom stereocenters. The molecule has 0 saturated heterocycles. The fraction of sp³-hybridized carbons (Fsp3) is 0.158. The molecular weight excluding hydrogens is 788 g/mol. The second kappa shape index (κ2) is 11.8. The van der Waals surface area contributed by atoms with Gasteiger partial charge in [0.25, 0.3) is 0 Å². The number of fused-ring (bicyclic) bond motifs is 17. The average molecular weight is 831 g/mol. The first kappa shape index (κ1) is 35.8. The maximum Gasteiger partial charge on any atom is 0.333 e. The zero-order valence-corrected chi connectivity index (χ0v) is 37.2. The van der Waals surface area contributed by atoms with Crippen molar-refractivity contribution in [3.63, 3.8) is 0 Å². The van der Waals surface area contributed by atoms with Crippen LogP contribution >= 0.6 is 11.3 Å². The van der Waals surface area contributed by atoms with E-state index < -0.39 is 0 Å². The minimum absolute atomic E-state index is 0.0259. The summed E-state index contributed by atoms with van der Waals surface area (Å²) in [6, 6.07) is 50.4. The number of thiophene rings is 1. The third kappa shape index (κ3) is 4.72. The molecule has 6 heterocycles. The second-order valence-electron chi connectivity index (χ2n) is 20.2. The molecule has 0 saturated carbocycles. The Morgan fingerprint density at radius 2 is 1.14 bits per heavy atom. The van der Waals surface area contributed by atoms with Crippen LogP contribution in [0.5, 0.6) is 0 Å². The number of hydrogen-bond acceptors (Lipinski definition) is 4. The lowest BCUT2D eigenvalue weighted by atomic mass is 9.44. The summed E-state index contributed by atoms with van der Waals surface area (Å²) >= 11 is 1.92. The molecule has 4 nitrogen and oxygen atoms in total. The van der Waals surface area contributed by atoms with Crippen LogP contribution in [0.4, 0.5) is 11.4 Å². The number of aromatic nitrogens is 1. The maximum absolute atomic E-state index is 6.76. The summed E-state index contributed by atoms with van der Waals surface area (Å²) in [5, 5.41) is 9.64. The molecule has 8 aromatic carbocycles. The predicted octanol–water partition coefficient (Wildman–Crippen LogP) is 15.1. The van der Waals surface area contributed by atoms with Gasteiger partial charge in [0.2, 0.25) is 0 Å². The molecule has 0 bridgehead atoms. The summed E-state index contributed by atoms with van der Waals surface area (Å²) in [6.07, 6.45) is 0. The van der Waals surface area contributed by atoms with Crippen molar-refractivity contribution in [2.24, 2.45) is 0 Å². The van der Waals surface area contributed by atoms with E-state index in [0.29, 0.717) is 0 Å². The Kier molecular flexibility index (Phi) is 6.72. The molecule has 0 fully saturated rings. The summed E-state index contributed by atoms with van der Waals surface area (Å²) in [7, 11) is 0. The van der Waals surface area contributed by atoms with E-state index in [1.165, 1.54) is 97.8 Å². The van der Waals surface area contributed by atoms with Crippen LogP contribution in [0.1, 0.15) is 58.2 Å². The molecule has 0 unspecified atom stereocenters. The molecular formula is C57H43BN2O2S. The third-order valence-corrected chi connectivity index (χ3v) is 15.5. The number of aryl methyl sites for hydroxylation is 1. The molecule has 302 valence electrons. The molecule has 14 rings (SSSR count). The molecule has 2 aliphatic rings. The number of para-hydroxylation sites is 2. The predicted molar refractivity (Wildman–Crippen MR) is 269 cm³/mol. The minimum atomic E-state index is -0.140. The van der Waals surface area contributed by atoms with Crippen molar-refractivity contribution in [1.82, 2.24) is 4.57 Å². The lowest BCUT2D eigenvalue weighted by molar-refractivity contribution is 0.590. The zero-order valence-electron chi connectivity index (χ0n) is 36.4. The van der Waals surface area contributed by atoms with Crippen LogP contribution in [0.2, 0.25) is 0 Å². The summed E-state index contributed by atoms with van der Waals surface area (Å²) in [4.78, 5) is 2.65. The number of nitrogens with zero attached hydrogens (tertiary/aromatic N) is 2. The number of hydrogen-bond donors (Lipinski definition) is 0. The van der Waals surface area contributed by atoms with Crippen LogP contribution in [0.3, 0.4) is 0 Å². The van der Waals surface area contributed by atoms with Crippen molar-refractivity contribution in [3.8, 4) is 16.8 Å². The monoisotopic (exact) mass is 830 g/mol. The van der Waals surface area contributed by atoms with E-state index in [2.05, 4.69) is 191 Å². The lowest BCUT2D eigenvalue weighted by Gasteiger charge is -2.42. The Labute approximate surface area is 369 Å². The molecule has 2 aliphatic heterocycles. The Morgan fingerprint density at radius 1 is 0.508 bits per heavy atom. The molecule has 0 radical (unpaired) electrons. The van der Waals surface area contributed by atoms with Gasteiger partial charge >= 0.3 is 6.85 Å². The quantitative estimate of drug-likeness (QED) is 0.155. The van der Waals surface area contributed by atoms with Crippen molar-refractivity contribution in [2.75, 3.05) is 4.81 Å². The van der Waals surface area contributed by atoms with E-state index in [4.69, 9.17) is 8.83 Å². The fourth-order valence-corrected chi connectivity index (χ4v) is 12.4. The first-order chi connectivity index (χ1) is 30.4. The smallest absolute Gasteiger partial charge is 0.333 e. The average Bonchev–Trinajstić information content (AvgIpc) is 4.02. The van der Waals surface area contributed by atoms with E-state index in [9.17, 15) is 0 Å². The maximum atomic E-state index is 6.76. The largest absolute Gasteiger partial charge is 0.456 e. The number of benzene rings is 8. The molecule has 0 aliphatic carbocycles. The van der Waals surface area contributed by atoms with Crippen molar-refractivity contribution >= 4 is 126 Å². The molecule has 4 aromatic heterocycles. The summed E-state index contributed by atoms with van der Waals surface area (Å²) in [6.45, 7) is 16.0. The normalized spacial score (nSPS) is 13.9. The van der Waals surface area contributed by atoms with Crippen molar-refractivity contribution in [2.45, 2.75) is 59.3 Å². The molecule has 6 heteroatoms. The zero-order chi connectivity index (χ0) is 42.4. The van der Waals surface area contributed by atoms with E-state index in [1.807, 2.05) is 11.3 Å². The van der Waals surface area contributed by atoms with Gasteiger partial charge in [-0.2, -0.15) is 0 Å². The molecule has 12 aromatic rings. The molecule has 0 amide bonds. The fourth-order valence-electron chi connectivity index (χ4n) is 11.3. The summed E-state index contributed by atoms with van der Waals surface area (Å²) in [5.41, 5.74) is 18.9. The van der Waals surface area contributed by atoms with Crippen LogP contribution in [0.15, 0.2) is 142 Å². The van der Waals surface area contributed by atoms with Gasteiger partial charge in [0.1, 0.15) is 22.3 Å². The van der Waals surface area contributed by atoms with Crippen LogP contribution < -0.4 is 15.7 Å². The van der Waals surface area contributed by atoms with Gasteiger partial charge in [0.15, 0.2) is 0 Å². The SMILES string of the molecule is Cc1cc2c3c4c1c1cc5oc6ccccc6c5cc1n4-c1cc4c(cc1B3N(c1ccc(C(C)(C)C)cc1)c1cc3c(cc1-2)sc1cc(C(C)(C)C)ccc13)oc1ccccc14. The van der Waals surface area contributed by atoms with Gasteiger partial charge in [-0.05, 0) is 118 Å². The minimum Gasteiger partial charge on any atom is -0.456 e. The van der Waals surface area contributed by atoms with E-state index >= 15 is 0 Å². The Morgan fingerprint density at radius 3 is 1.86 bits per heavy atom. The molecule has 0 N–H and O–H groups in total. The van der Waals surface area contributed by atoms with Gasteiger partial charge in [0, 0.05) is 75.1 Å². The highest BCUT2D eigenvalue weighted by molar-refractivity contribution is 7.25. The van der Waals surface area contributed by atoms with Gasteiger partial charge in [-0.25, -0.2) is 0 Å². The lowest BCUT2D eigenvalue weighted by Crippen LogP contribution is -2.60. The highest BCUT2D eigenvalue weighted by Crippen LogP contribution is 2.51. The Balaban J connectivity index is 1.16.